The molecule has 0 spiro atoms. The van der Waals surface area contributed by atoms with Crippen LogP contribution in [0.4, 0.5) is 0 Å². The number of methoxy groups -OCH3 is 1. The number of aromatic nitrogens is 3. The molecule has 1 aromatic heterocycles. The first-order valence-corrected chi connectivity index (χ1v) is 8.08. The number of aliphatic hydroxyl groups is 1. The number of benzene rings is 2. The lowest BCUT2D eigenvalue weighted by molar-refractivity contribution is 0.0911. The monoisotopic (exact) mass is 321 g/mol. The highest BCUT2D eigenvalue weighted by molar-refractivity contribution is 5.58. The lowest BCUT2D eigenvalue weighted by atomic mass is 9.86. The minimum atomic E-state index is -0.555. The Bertz CT molecular complexity index is 842. The Hall–Kier alpha value is -2.66. The molecule has 0 amide bonds. The van der Waals surface area contributed by atoms with E-state index in [1.54, 1.807) is 11.8 Å². The van der Waals surface area contributed by atoms with Gasteiger partial charge in [-0.2, -0.15) is 0 Å². The van der Waals surface area contributed by atoms with Crippen molar-refractivity contribution in [3.8, 4) is 17.0 Å². The van der Waals surface area contributed by atoms with Crippen molar-refractivity contribution in [3.63, 3.8) is 0 Å². The fraction of sp³-hybridized carbons (Fsp3) is 0.263. The fourth-order valence-electron chi connectivity index (χ4n) is 3.33. The molecule has 2 aromatic carbocycles. The largest absolute Gasteiger partial charge is 0.497 e. The van der Waals surface area contributed by atoms with Crippen molar-refractivity contribution >= 4 is 0 Å². The summed E-state index contributed by atoms with van der Waals surface area (Å²) < 4.78 is 6.97. The number of ether oxygens (including phenoxy) is 1. The number of fused-ring (bicyclic) bond motifs is 1. The van der Waals surface area contributed by atoms with E-state index in [1.807, 2.05) is 48.7 Å². The number of aliphatic hydroxyl groups excluding tert-OH is 1. The third-order valence-corrected chi connectivity index (χ3v) is 4.68. The predicted octanol–water partition coefficient (Wildman–Crippen LogP) is 3.17. The summed E-state index contributed by atoms with van der Waals surface area (Å²) >= 11 is 0. The van der Waals surface area contributed by atoms with Crippen LogP contribution in [0.5, 0.6) is 5.75 Å². The molecule has 5 heteroatoms. The van der Waals surface area contributed by atoms with Gasteiger partial charge in [0, 0.05) is 5.56 Å². The van der Waals surface area contributed by atoms with E-state index < -0.39 is 6.10 Å². The fourth-order valence-corrected chi connectivity index (χ4v) is 3.33. The maximum atomic E-state index is 10.7. The zero-order valence-corrected chi connectivity index (χ0v) is 13.5. The lowest BCUT2D eigenvalue weighted by Crippen LogP contribution is -2.24. The van der Waals surface area contributed by atoms with E-state index in [-0.39, 0.29) is 6.04 Å². The van der Waals surface area contributed by atoms with Crippen molar-refractivity contribution < 1.29 is 9.84 Å². The second-order valence-electron chi connectivity index (χ2n) is 6.06. The summed E-state index contributed by atoms with van der Waals surface area (Å²) in [4.78, 5) is 0. The summed E-state index contributed by atoms with van der Waals surface area (Å²) in [7, 11) is 1.65. The van der Waals surface area contributed by atoms with Crippen LogP contribution in [0.15, 0.2) is 54.7 Å². The average Bonchev–Trinajstić information content (AvgIpc) is 3.12. The van der Waals surface area contributed by atoms with Crippen molar-refractivity contribution in [3.05, 3.63) is 65.9 Å². The maximum absolute atomic E-state index is 10.7. The second-order valence-corrected chi connectivity index (χ2v) is 6.06. The lowest BCUT2D eigenvalue weighted by Gasteiger charge is -2.29. The molecule has 122 valence electrons. The van der Waals surface area contributed by atoms with Gasteiger partial charge in [0.2, 0.25) is 0 Å². The van der Waals surface area contributed by atoms with E-state index in [9.17, 15) is 5.11 Å². The quantitative estimate of drug-likeness (QED) is 0.805. The SMILES string of the molecule is COc1ccc(-c2cn([C@@H]3CCc4ccccc4[C@@H]3O)nn2)cc1. The average molecular weight is 321 g/mol. The zero-order valence-electron chi connectivity index (χ0n) is 13.5. The van der Waals surface area contributed by atoms with Gasteiger partial charge >= 0.3 is 0 Å². The Morgan fingerprint density at radius 3 is 2.71 bits per heavy atom. The van der Waals surface area contributed by atoms with Gasteiger partial charge in [0.15, 0.2) is 0 Å². The van der Waals surface area contributed by atoms with Crippen LogP contribution >= 0.6 is 0 Å². The highest BCUT2D eigenvalue weighted by atomic mass is 16.5. The Labute approximate surface area is 140 Å². The number of hydrogen-bond acceptors (Lipinski definition) is 4. The van der Waals surface area contributed by atoms with Gasteiger partial charge in [0.25, 0.3) is 0 Å². The van der Waals surface area contributed by atoms with Crippen LogP contribution in [0, 0.1) is 0 Å². The van der Waals surface area contributed by atoms with Crippen LogP contribution < -0.4 is 4.74 Å². The Morgan fingerprint density at radius 2 is 1.92 bits per heavy atom. The van der Waals surface area contributed by atoms with Crippen LogP contribution in [0.25, 0.3) is 11.3 Å². The number of rotatable bonds is 3. The van der Waals surface area contributed by atoms with Gasteiger partial charge in [-0.3, -0.25) is 0 Å². The Balaban J connectivity index is 1.61. The van der Waals surface area contributed by atoms with E-state index in [1.165, 1.54) is 5.56 Å². The van der Waals surface area contributed by atoms with Crippen molar-refractivity contribution in [2.75, 3.05) is 7.11 Å². The predicted molar refractivity (Wildman–Crippen MR) is 90.8 cm³/mol. The molecule has 1 aliphatic carbocycles. The van der Waals surface area contributed by atoms with Gasteiger partial charge in [-0.15, -0.1) is 5.10 Å². The molecule has 1 heterocycles. The van der Waals surface area contributed by atoms with Crippen LogP contribution in [0.3, 0.4) is 0 Å². The molecule has 0 bridgehead atoms. The minimum absolute atomic E-state index is 0.0839. The summed E-state index contributed by atoms with van der Waals surface area (Å²) in [6.45, 7) is 0. The molecule has 4 rings (SSSR count). The van der Waals surface area contributed by atoms with E-state index in [2.05, 4.69) is 16.4 Å². The van der Waals surface area contributed by atoms with Gasteiger partial charge in [0.05, 0.1) is 19.3 Å². The van der Waals surface area contributed by atoms with Crippen LogP contribution in [0.2, 0.25) is 0 Å². The third-order valence-electron chi connectivity index (χ3n) is 4.68. The van der Waals surface area contributed by atoms with Gasteiger partial charge in [-0.05, 0) is 48.2 Å². The molecule has 0 fully saturated rings. The first-order chi connectivity index (χ1) is 11.8. The van der Waals surface area contributed by atoms with E-state index in [0.29, 0.717) is 0 Å². The summed E-state index contributed by atoms with van der Waals surface area (Å²) in [5.41, 5.74) is 3.99. The first-order valence-electron chi connectivity index (χ1n) is 8.08. The molecule has 5 nitrogen and oxygen atoms in total. The summed E-state index contributed by atoms with van der Waals surface area (Å²) in [6.07, 6.45) is 3.14. The normalized spacial score (nSPS) is 19.8. The highest BCUT2D eigenvalue weighted by Crippen LogP contribution is 2.37. The number of aryl methyl sites for hydroxylation is 1. The molecule has 3 aromatic rings. The van der Waals surface area contributed by atoms with Crippen LogP contribution in [-0.2, 0) is 6.42 Å². The van der Waals surface area contributed by atoms with Crippen molar-refractivity contribution in [1.29, 1.82) is 0 Å². The van der Waals surface area contributed by atoms with Gasteiger partial charge in [0.1, 0.15) is 17.5 Å². The minimum Gasteiger partial charge on any atom is -0.497 e. The van der Waals surface area contributed by atoms with Crippen LogP contribution in [-0.4, -0.2) is 27.2 Å². The van der Waals surface area contributed by atoms with E-state index >= 15 is 0 Å². The molecule has 1 N–H and O–H groups in total. The Morgan fingerprint density at radius 1 is 1.12 bits per heavy atom. The topological polar surface area (TPSA) is 60.2 Å². The molecule has 0 unspecified atom stereocenters. The van der Waals surface area contributed by atoms with Gasteiger partial charge in [-0.1, -0.05) is 29.5 Å². The summed E-state index contributed by atoms with van der Waals surface area (Å²) in [6, 6.07) is 15.7. The molecule has 0 saturated carbocycles. The smallest absolute Gasteiger partial charge is 0.118 e. The second kappa shape index (κ2) is 6.09. The standard InChI is InChI=1S/C19H19N3O2/c1-24-15-9-6-14(7-10-15)17-12-22(21-20-17)18-11-8-13-4-2-3-5-16(13)19(18)23/h2-7,9-10,12,18-19,23H,8,11H2,1H3/t18-,19+/m1/s1. The zero-order chi connectivity index (χ0) is 16.5. The first kappa shape index (κ1) is 14.9. The number of hydrogen-bond donors (Lipinski definition) is 1. The highest BCUT2D eigenvalue weighted by Gasteiger charge is 2.29. The van der Waals surface area contributed by atoms with Gasteiger partial charge < -0.3 is 9.84 Å². The molecule has 0 radical (unpaired) electrons. The maximum Gasteiger partial charge on any atom is 0.118 e. The van der Waals surface area contributed by atoms with Crippen LogP contribution in [0.1, 0.15) is 29.7 Å². The third kappa shape index (κ3) is 2.57. The van der Waals surface area contributed by atoms with E-state index in [4.69, 9.17) is 4.74 Å². The van der Waals surface area contributed by atoms with Crippen molar-refractivity contribution in [1.82, 2.24) is 15.0 Å². The van der Waals surface area contributed by atoms with Crippen molar-refractivity contribution in [2.24, 2.45) is 0 Å². The number of nitrogens with zero attached hydrogens (tertiary/aromatic N) is 3. The summed E-state index contributed by atoms with van der Waals surface area (Å²) in [5.74, 6) is 0.811. The molecule has 24 heavy (non-hydrogen) atoms. The molecular weight excluding hydrogens is 302 g/mol. The van der Waals surface area contributed by atoms with Crippen molar-refractivity contribution in [2.45, 2.75) is 25.0 Å². The molecule has 0 aliphatic heterocycles. The van der Waals surface area contributed by atoms with E-state index in [0.717, 1.165) is 35.4 Å². The molecule has 0 saturated heterocycles. The Kier molecular flexibility index (Phi) is 3.78. The van der Waals surface area contributed by atoms with Gasteiger partial charge in [-0.25, -0.2) is 4.68 Å². The molecule has 1 aliphatic rings. The molecule has 2 atom stereocenters. The summed E-state index contributed by atoms with van der Waals surface area (Å²) in [5, 5.41) is 19.2. The molecular formula is C19H19N3O2.